The number of nitrogens with one attached hydrogen (secondary N) is 1. The van der Waals surface area contributed by atoms with Crippen molar-refractivity contribution in [1.82, 2.24) is 15.1 Å². The Morgan fingerprint density at radius 1 is 1.22 bits per heavy atom. The molecule has 4 nitrogen and oxygen atoms in total. The van der Waals surface area contributed by atoms with Crippen molar-refractivity contribution < 1.29 is 4.74 Å². The summed E-state index contributed by atoms with van der Waals surface area (Å²) >= 11 is 0. The van der Waals surface area contributed by atoms with Crippen molar-refractivity contribution in [3.05, 3.63) is 47.2 Å². The molecule has 0 saturated heterocycles. The third-order valence-electron chi connectivity index (χ3n) is 4.56. The largest absolute Gasteiger partial charge is 0.473 e. The van der Waals surface area contributed by atoms with Gasteiger partial charge in [-0.1, -0.05) is 42.7 Å². The highest BCUT2D eigenvalue weighted by Crippen LogP contribution is 2.28. The molecule has 1 fully saturated rings. The van der Waals surface area contributed by atoms with Crippen LogP contribution in [0.2, 0.25) is 0 Å². The molecule has 1 aliphatic rings. The van der Waals surface area contributed by atoms with E-state index in [1.165, 1.54) is 36.8 Å². The van der Waals surface area contributed by atoms with Gasteiger partial charge in [-0.05, 0) is 38.3 Å². The van der Waals surface area contributed by atoms with Gasteiger partial charge in [-0.2, -0.15) is 5.10 Å². The highest BCUT2D eigenvalue weighted by Gasteiger charge is 2.18. The minimum atomic E-state index is 0.593. The summed E-state index contributed by atoms with van der Waals surface area (Å²) in [5.74, 6) is 1.64. The second-order valence-electron chi connectivity index (χ2n) is 6.61. The fourth-order valence-electron chi connectivity index (χ4n) is 3.24. The lowest BCUT2D eigenvalue weighted by Crippen LogP contribution is -2.12. The fourth-order valence-corrected chi connectivity index (χ4v) is 3.24. The number of aromatic nitrogens is 2. The first-order valence-corrected chi connectivity index (χ1v) is 8.64. The second kappa shape index (κ2) is 7.64. The van der Waals surface area contributed by atoms with E-state index in [9.17, 15) is 0 Å². The lowest BCUT2D eigenvalue weighted by Gasteiger charge is -2.13. The van der Waals surface area contributed by atoms with Crippen LogP contribution in [0.15, 0.2) is 30.3 Å². The average Bonchev–Trinajstić information content (AvgIpc) is 3.18. The van der Waals surface area contributed by atoms with E-state index < -0.39 is 0 Å². The minimum absolute atomic E-state index is 0.593. The van der Waals surface area contributed by atoms with Crippen molar-refractivity contribution in [3.8, 4) is 5.88 Å². The van der Waals surface area contributed by atoms with Crippen LogP contribution in [0.5, 0.6) is 5.88 Å². The molecule has 1 N–H and O–H groups in total. The molecule has 3 rings (SSSR count). The third-order valence-corrected chi connectivity index (χ3v) is 4.56. The molecular formula is C19H27N3O. The molecule has 1 aromatic heterocycles. The van der Waals surface area contributed by atoms with E-state index in [0.717, 1.165) is 30.6 Å². The maximum Gasteiger partial charge on any atom is 0.212 e. The van der Waals surface area contributed by atoms with E-state index in [1.54, 1.807) is 0 Å². The molecule has 0 aliphatic heterocycles. The van der Waals surface area contributed by atoms with Crippen molar-refractivity contribution in [2.45, 2.75) is 52.3 Å². The molecule has 0 bridgehead atoms. The van der Waals surface area contributed by atoms with Crippen molar-refractivity contribution >= 4 is 0 Å². The summed E-state index contributed by atoms with van der Waals surface area (Å²) in [7, 11) is 1.95. The summed E-state index contributed by atoms with van der Waals surface area (Å²) in [6.07, 6.45) is 5.35. The van der Waals surface area contributed by atoms with Gasteiger partial charge in [0.2, 0.25) is 5.88 Å². The van der Waals surface area contributed by atoms with Gasteiger partial charge in [-0.15, -0.1) is 0 Å². The summed E-state index contributed by atoms with van der Waals surface area (Å²) in [4.78, 5) is 0. The molecule has 0 atom stereocenters. The van der Waals surface area contributed by atoms with Gasteiger partial charge >= 0.3 is 0 Å². The van der Waals surface area contributed by atoms with E-state index >= 15 is 0 Å². The molecule has 1 aromatic carbocycles. The Bertz CT molecular complexity index is 612. The van der Waals surface area contributed by atoms with Gasteiger partial charge in [0.25, 0.3) is 0 Å². The van der Waals surface area contributed by atoms with Crippen LogP contribution >= 0.6 is 0 Å². The first kappa shape index (κ1) is 16.1. The maximum absolute atomic E-state index is 6.07. The minimum Gasteiger partial charge on any atom is -0.473 e. The topological polar surface area (TPSA) is 39.1 Å². The van der Waals surface area contributed by atoms with E-state index in [2.05, 4.69) is 47.3 Å². The summed E-state index contributed by atoms with van der Waals surface area (Å²) in [5, 5.41) is 7.89. The first-order chi connectivity index (χ1) is 11.2. The van der Waals surface area contributed by atoms with Crippen LogP contribution in [-0.2, 0) is 19.7 Å². The first-order valence-electron chi connectivity index (χ1n) is 8.64. The van der Waals surface area contributed by atoms with Gasteiger partial charge in [0.1, 0.15) is 6.61 Å². The molecule has 0 spiro atoms. The van der Waals surface area contributed by atoms with Gasteiger partial charge in [0, 0.05) is 19.2 Å². The second-order valence-corrected chi connectivity index (χ2v) is 6.61. The molecule has 1 heterocycles. The van der Waals surface area contributed by atoms with Crippen LogP contribution in [0.25, 0.3) is 0 Å². The lowest BCUT2D eigenvalue weighted by atomic mass is 10.1. The number of benzene rings is 1. The van der Waals surface area contributed by atoms with Crippen LogP contribution in [0.1, 0.15) is 42.5 Å². The van der Waals surface area contributed by atoms with E-state index in [-0.39, 0.29) is 0 Å². The fraction of sp³-hybridized carbons (Fsp3) is 0.526. The number of hydrogen-bond donors (Lipinski definition) is 1. The lowest BCUT2D eigenvalue weighted by molar-refractivity contribution is 0.261. The number of aryl methyl sites for hydroxylation is 1. The summed E-state index contributed by atoms with van der Waals surface area (Å²) < 4.78 is 8.14. The van der Waals surface area contributed by atoms with Crippen molar-refractivity contribution in [2.24, 2.45) is 5.92 Å². The zero-order valence-corrected chi connectivity index (χ0v) is 14.2. The number of hydrogen-bond acceptors (Lipinski definition) is 3. The Morgan fingerprint density at radius 3 is 2.65 bits per heavy atom. The molecule has 4 heteroatoms. The highest BCUT2D eigenvalue weighted by atomic mass is 16.5. The standard InChI is InChI=1S/C19H27N3O/c1-15-7-9-17(10-8-15)14-23-19-11-18(12-20-2)21-22(19)13-16-5-3-4-6-16/h7-11,16,20H,3-6,12-14H2,1-2H3. The number of rotatable bonds is 7. The van der Waals surface area contributed by atoms with Crippen molar-refractivity contribution in [2.75, 3.05) is 7.05 Å². The molecule has 124 valence electrons. The van der Waals surface area contributed by atoms with Crippen LogP contribution in [0, 0.1) is 12.8 Å². The van der Waals surface area contributed by atoms with E-state index in [0.29, 0.717) is 6.61 Å². The SMILES string of the molecule is CNCc1cc(OCc2ccc(C)cc2)n(CC2CCCC2)n1. The predicted octanol–water partition coefficient (Wildman–Crippen LogP) is 3.68. The van der Waals surface area contributed by atoms with Crippen LogP contribution in [0.3, 0.4) is 0 Å². The molecular weight excluding hydrogens is 286 g/mol. The highest BCUT2D eigenvalue weighted by molar-refractivity contribution is 5.22. The molecule has 23 heavy (non-hydrogen) atoms. The zero-order valence-electron chi connectivity index (χ0n) is 14.2. The van der Waals surface area contributed by atoms with E-state index in [1.807, 2.05) is 7.05 Å². The van der Waals surface area contributed by atoms with Gasteiger partial charge < -0.3 is 10.1 Å². The molecule has 0 unspecified atom stereocenters. The van der Waals surface area contributed by atoms with E-state index in [4.69, 9.17) is 9.84 Å². The molecule has 0 amide bonds. The summed E-state index contributed by atoms with van der Waals surface area (Å²) in [5.41, 5.74) is 3.51. The Kier molecular flexibility index (Phi) is 5.34. The average molecular weight is 313 g/mol. The molecule has 0 radical (unpaired) electrons. The summed E-state index contributed by atoms with van der Waals surface area (Å²) in [6.45, 7) is 4.45. The van der Waals surface area contributed by atoms with Crippen molar-refractivity contribution in [1.29, 1.82) is 0 Å². The smallest absolute Gasteiger partial charge is 0.212 e. The molecule has 1 saturated carbocycles. The normalized spacial score (nSPS) is 15.2. The Balaban J connectivity index is 1.69. The van der Waals surface area contributed by atoms with Gasteiger partial charge in [0.15, 0.2) is 0 Å². The van der Waals surface area contributed by atoms with Crippen LogP contribution in [0.4, 0.5) is 0 Å². The van der Waals surface area contributed by atoms with Gasteiger partial charge in [0.05, 0.1) is 5.69 Å². The monoisotopic (exact) mass is 313 g/mol. The van der Waals surface area contributed by atoms with Crippen LogP contribution < -0.4 is 10.1 Å². The van der Waals surface area contributed by atoms with Crippen LogP contribution in [-0.4, -0.2) is 16.8 Å². The number of nitrogens with zero attached hydrogens (tertiary/aromatic N) is 2. The maximum atomic E-state index is 6.07. The Hall–Kier alpha value is -1.81. The van der Waals surface area contributed by atoms with Gasteiger partial charge in [-0.3, -0.25) is 0 Å². The van der Waals surface area contributed by atoms with Crippen molar-refractivity contribution in [3.63, 3.8) is 0 Å². The predicted molar refractivity (Wildman–Crippen MR) is 92.5 cm³/mol. The number of ether oxygens (including phenoxy) is 1. The molecule has 1 aliphatic carbocycles. The third kappa shape index (κ3) is 4.35. The molecule has 2 aromatic rings. The quantitative estimate of drug-likeness (QED) is 0.847. The summed E-state index contributed by atoms with van der Waals surface area (Å²) in [6, 6.07) is 10.6. The Morgan fingerprint density at radius 2 is 1.96 bits per heavy atom. The zero-order chi connectivity index (χ0) is 16.1. The van der Waals surface area contributed by atoms with Gasteiger partial charge in [-0.25, -0.2) is 4.68 Å². The Labute approximate surface area is 138 Å².